The van der Waals surface area contributed by atoms with E-state index in [1.54, 1.807) is 18.2 Å². The van der Waals surface area contributed by atoms with Crippen LogP contribution in [0.2, 0.25) is 5.02 Å². The Hall–Kier alpha value is -2.17. The highest BCUT2D eigenvalue weighted by Crippen LogP contribution is 2.24. The standard InChI is InChI=1S/C12H10ClN3O/c1-2-6-15-11(17)8-16-12-9(7-14)4-3-5-10(12)13/h1,3-5,16H,6,8H2,(H,15,17). The summed E-state index contributed by atoms with van der Waals surface area (Å²) in [7, 11) is 0. The zero-order valence-corrected chi connectivity index (χ0v) is 9.71. The van der Waals surface area contributed by atoms with Crippen molar-refractivity contribution in [2.24, 2.45) is 0 Å². The molecule has 0 bridgehead atoms. The Bertz CT molecular complexity index is 499. The molecule has 0 radical (unpaired) electrons. The van der Waals surface area contributed by atoms with Gasteiger partial charge in [-0.2, -0.15) is 5.26 Å². The van der Waals surface area contributed by atoms with Crippen LogP contribution in [0.25, 0.3) is 0 Å². The fraction of sp³-hybridized carbons (Fsp3) is 0.167. The number of hydrogen-bond acceptors (Lipinski definition) is 3. The molecule has 0 spiro atoms. The van der Waals surface area contributed by atoms with Crippen molar-refractivity contribution < 1.29 is 4.79 Å². The van der Waals surface area contributed by atoms with Crippen LogP contribution >= 0.6 is 11.6 Å². The average Bonchev–Trinajstić information content (AvgIpc) is 2.34. The van der Waals surface area contributed by atoms with E-state index in [0.717, 1.165) is 0 Å². The molecule has 2 N–H and O–H groups in total. The summed E-state index contributed by atoms with van der Waals surface area (Å²) in [4.78, 5) is 11.3. The molecule has 1 amide bonds. The molecule has 0 saturated carbocycles. The van der Waals surface area contributed by atoms with E-state index < -0.39 is 0 Å². The number of para-hydroxylation sites is 1. The molecule has 4 nitrogen and oxygen atoms in total. The predicted molar refractivity (Wildman–Crippen MR) is 66.5 cm³/mol. The molecule has 0 heterocycles. The molecule has 17 heavy (non-hydrogen) atoms. The lowest BCUT2D eigenvalue weighted by Crippen LogP contribution is -2.30. The fourth-order valence-electron chi connectivity index (χ4n) is 1.18. The van der Waals surface area contributed by atoms with Crippen LogP contribution < -0.4 is 10.6 Å². The number of hydrogen-bond donors (Lipinski definition) is 2. The molecule has 0 aliphatic carbocycles. The minimum absolute atomic E-state index is 0.0140. The van der Waals surface area contributed by atoms with Crippen molar-refractivity contribution in [2.45, 2.75) is 0 Å². The third-order valence-corrected chi connectivity index (χ3v) is 2.26. The van der Waals surface area contributed by atoms with Gasteiger partial charge in [0.2, 0.25) is 5.91 Å². The fourth-order valence-corrected chi connectivity index (χ4v) is 1.42. The van der Waals surface area contributed by atoms with Crippen LogP contribution in [0.5, 0.6) is 0 Å². The van der Waals surface area contributed by atoms with Crippen LogP contribution in [0.1, 0.15) is 5.56 Å². The van der Waals surface area contributed by atoms with Gasteiger partial charge in [0.1, 0.15) is 6.07 Å². The van der Waals surface area contributed by atoms with Gasteiger partial charge >= 0.3 is 0 Å². The average molecular weight is 248 g/mol. The summed E-state index contributed by atoms with van der Waals surface area (Å²) < 4.78 is 0. The molecule has 0 saturated heterocycles. The first kappa shape index (κ1) is 12.9. The minimum atomic E-state index is -0.258. The van der Waals surface area contributed by atoms with Gasteiger partial charge in [-0.05, 0) is 12.1 Å². The van der Waals surface area contributed by atoms with E-state index in [-0.39, 0.29) is 19.0 Å². The lowest BCUT2D eigenvalue weighted by atomic mass is 10.2. The van der Waals surface area contributed by atoms with Gasteiger partial charge in [-0.1, -0.05) is 23.6 Å². The Morgan fingerprint density at radius 3 is 2.94 bits per heavy atom. The molecule has 0 aliphatic rings. The van der Waals surface area contributed by atoms with E-state index in [9.17, 15) is 4.79 Å². The van der Waals surface area contributed by atoms with E-state index >= 15 is 0 Å². The molecule has 0 atom stereocenters. The smallest absolute Gasteiger partial charge is 0.240 e. The number of amides is 1. The number of terminal acetylenes is 1. The second-order valence-electron chi connectivity index (χ2n) is 3.11. The molecule has 0 aromatic heterocycles. The molecule has 5 heteroatoms. The maximum absolute atomic E-state index is 11.3. The highest BCUT2D eigenvalue weighted by Gasteiger charge is 2.07. The van der Waals surface area contributed by atoms with Crippen molar-refractivity contribution in [1.29, 1.82) is 5.26 Å². The third kappa shape index (κ3) is 3.71. The van der Waals surface area contributed by atoms with E-state index in [0.29, 0.717) is 16.3 Å². The van der Waals surface area contributed by atoms with Gasteiger partial charge < -0.3 is 10.6 Å². The van der Waals surface area contributed by atoms with Crippen LogP contribution in [0.4, 0.5) is 5.69 Å². The molecule has 0 unspecified atom stereocenters. The summed E-state index contributed by atoms with van der Waals surface area (Å²) in [5.74, 6) is 2.03. The van der Waals surface area contributed by atoms with Crippen molar-refractivity contribution >= 4 is 23.2 Å². The second kappa shape index (κ2) is 6.42. The number of anilines is 1. The molecule has 1 rings (SSSR count). The zero-order valence-electron chi connectivity index (χ0n) is 8.96. The summed E-state index contributed by atoms with van der Waals surface area (Å²) in [6.07, 6.45) is 5.00. The zero-order chi connectivity index (χ0) is 12.7. The number of nitrogens with one attached hydrogen (secondary N) is 2. The Balaban J connectivity index is 2.67. The highest BCUT2D eigenvalue weighted by atomic mass is 35.5. The maximum atomic E-state index is 11.3. The first-order valence-electron chi connectivity index (χ1n) is 4.81. The molecule has 1 aromatic rings. The Kier molecular flexibility index (Phi) is 4.87. The summed E-state index contributed by atoms with van der Waals surface area (Å²) in [5, 5.41) is 14.6. The Morgan fingerprint density at radius 1 is 1.53 bits per heavy atom. The maximum Gasteiger partial charge on any atom is 0.240 e. The van der Waals surface area contributed by atoms with Gasteiger partial charge in [0.05, 0.1) is 29.4 Å². The molecule has 0 aliphatic heterocycles. The second-order valence-corrected chi connectivity index (χ2v) is 3.52. The SMILES string of the molecule is C#CCNC(=O)CNc1c(Cl)cccc1C#N. The highest BCUT2D eigenvalue weighted by molar-refractivity contribution is 6.33. The van der Waals surface area contributed by atoms with Crippen molar-refractivity contribution in [1.82, 2.24) is 5.32 Å². The third-order valence-electron chi connectivity index (χ3n) is 1.95. The summed E-state index contributed by atoms with van der Waals surface area (Å²) in [6.45, 7) is 0.189. The van der Waals surface area contributed by atoms with E-state index in [1.807, 2.05) is 6.07 Å². The van der Waals surface area contributed by atoms with Crippen molar-refractivity contribution in [2.75, 3.05) is 18.4 Å². The summed E-state index contributed by atoms with van der Waals surface area (Å²) >= 11 is 5.92. The number of benzene rings is 1. The first-order valence-corrected chi connectivity index (χ1v) is 5.19. The van der Waals surface area contributed by atoms with Crippen LogP contribution in [-0.4, -0.2) is 19.0 Å². The molecular weight excluding hydrogens is 238 g/mol. The number of carbonyl (C=O) groups excluding carboxylic acids is 1. The topological polar surface area (TPSA) is 64.9 Å². The molecular formula is C12H10ClN3O. The largest absolute Gasteiger partial charge is 0.374 e. The van der Waals surface area contributed by atoms with Gasteiger partial charge in [-0.3, -0.25) is 4.79 Å². The number of halogens is 1. The van der Waals surface area contributed by atoms with E-state index in [2.05, 4.69) is 16.6 Å². The predicted octanol–water partition coefficient (Wildman–Crippen LogP) is 1.37. The lowest BCUT2D eigenvalue weighted by Gasteiger charge is -2.09. The Morgan fingerprint density at radius 2 is 2.29 bits per heavy atom. The van der Waals surface area contributed by atoms with Gasteiger partial charge in [0, 0.05) is 0 Å². The molecule has 86 valence electrons. The Labute approximate surface area is 105 Å². The summed E-state index contributed by atoms with van der Waals surface area (Å²) in [5.41, 5.74) is 0.842. The van der Waals surface area contributed by atoms with Crippen LogP contribution in [0, 0.1) is 23.7 Å². The van der Waals surface area contributed by atoms with Crippen molar-refractivity contribution in [3.05, 3.63) is 28.8 Å². The monoisotopic (exact) mass is 247 g/mol. The summed E-state index contributed by atoms with van der Waals surface area (Å²) in [6, 6.07) is 6.92. The number of nitrogens with zero attached hydrogens (tertiary/aromatic N) is 1. The van der Waals surface area contributed by atoms with Crippen LogP contribution in [0.15, 0.2) is 18.2 Å². The quantitative estimate of drug-likeness (QED) is 0.790. The minimum Gasteiger partial charge on any atom is -0.374 e. The lowest BCUT2D eigenvalue weighted by molar-refractivity contribution is -0.119. The van der Waals surface area contributed by atoms with E-state index in [4.69, 9.17) is 23.3 Å². The van der Waals surface area contributed by atoms with Crippen molar-refractivity contribution in [3.63, 3.8) is 0 Å². The van der Waals surface area contributed by atoms with Crippen LogP contribution in [0.3, 0.4) is 0 Å². The molecule has 1 aromatic carbocycles. The van der Waals surface area contributed by atoms with Gasteiger partial charge in [0.15, 0.2) is 0 Å². The number of rotatable bonds is 4. The first-order chi connectivity index (χ1) is 8.19. The number of nitriles is 1. The van der Waals surface area contributed by atoms with E-state index in [1.165, 1.54) is 0 Å². The van der Waals surface area contributed by atoms with Crippen molar-refractivity contribution in [3.8, 4) is 18.4 Å². The molecule has 0 fully saturated rings. The van der Waals surface area contributed by atoms with Gasteiger partial charge in [-0.15, -0.1) is 6.42 Å². The normalized spacial score (nSPS) is 8.88. The van der Waals surface area contributed by atoms with Crippen LogP contribution in [-0.2, 0) is 4.79 Å². The number of carbonyl (C=O) groups is 1. The van der Waals surface area contributed by atoms with Gasteiger partial charge in [-0.25, -0.2) is 0 Å². The van der Waals surface area contributed by atoms with Gasteiger partial charge in [0.25, 0.3) is 0 Å².